The maximum absolute atomic E-state index is 4.34. The molecular formula is C10H8N2S. The summed E-state index contributed by atoms with van der Waals surface area (Å²) < 4.78 is 0. The van der Waals surface area contributed by atoms with Crippen molar-refractivity contribution in [2.45, 2.75) is 0 Å². The standard InChI is InChI=1S/C10H8N2S/c1-2-10-12-9(7-13-10)8-5-3-4-6-11-8/h2-7H,1H2. The van der Waals surface area contributed by atoms with Gasteiger partial charge in [-0.3, -0.25) is 4.98 Å². The molecule has 0 N–H and O–H groups in total. The van der Waals surface area contributed by atoms with Gasteiger partial charge in [0.2, 0.25) is 0 Å². The first-order valence-corrected chi connectivity index (χ1v) is 4.77. The molecule has 0 saturated heterocycles. The molecule has 2 rings (SSSR count). The SMILES string of the molecule is C=Cc1nc(-c2ccccn2)cs1. The predicted molar refractivity (Wildman–Crippen MR) is 55.4 cm³/mol. The Morgan fingerprint density at radius 3 is 2.85 bits per heavy atom. The van der Waals surface area contributed by atoms with Gasteiger partial charge in [-0.1, -0.05) is 12.6 Å². The second-order valence-corrected chi connectivity index (χ2v) is 3.38. The number of thiazole rings is 1. The van der Waals surface area contributed by atoms with Gasteiger partial charge in [-0.25, -0.2) is 4.98 Å². The third-order valence-electron chi connectivity index (χ3n) is 1.62. The number of aromatic nitrogens is 2. The second kappa shape index (κ2) is 3.49. The molecule has 0 saturated carbocycles. The van der Waals surface area contributed by atoms with Crippen LogP contribution in [0.2, 0.25) is 0 Å². The fraction of sp³-hybridized carbons (Fsp3) is 0. The van der Waals surface area contributed by atoms with Crippen LogP contribution in [-0.4, -0.2) is 9.97 Å². The molecule has 13 heavy (non-hydrogen) atoms. The van der Waals surface area contributed by atoms with Crippen molar-refractivity contribution in [3.05, 3.63) is 41.4 Å². The Morgan fingerprint density at radius 2 is 2.23 bits per heavy atom. The minimum absolute atomic E-state index is 0.909. The van der Waals surface area contributed by atoms with Crippen molar-refractivity contribution < 1.29 is 0 Å². The van der Waals surface area contributed by atoms with E-state index in [1.54, 1.807) is 23.6 Å². The highest BCUT2D eigenvalue weighted by Crippen LogP contribution is 2.19. The molecule has 0 aliphatic rings. The summed E-state index contributed by atoms with van der Waals surface area (Å²) in [6.45, 7) is 3.67. The molecule has 0 bridgehead atoms. The van der Waals surface area contributed by atoms with Crippen LogP contribution in [0, 0.1) is 0 Å². The molecule has 0 aromatic carbocycles. The summed E-state index contributed by atoms with van der Waals surface area (Å²) in [4.78, 5) is 8.54. The van der Waals surface area contributed by atoms with E-state index in [4.69, 9.17) is 0 Å². The second-order valence-electron chi connectivity index (χ2n) is 2.49. The molecule has 0 fully saturated rings. The van der Waals surface area contributed by atoms with E-state index in [9.17, 15) is 0 Å². The molecule has 2 aromatic rings. The number of hydrogen-bond acceptors (Lipinski definition) is 3. The first-order chi connectivity index (χ1) is 6.40. The van der Waals surface area contributed by atoms with E-state index in [0.717, 1.165) is 16.4 Å². The molecule has 64 valence electrons. The third kappa shape index (κ3) is 1.65. The van der Waals surface area contributed by atoms with Crippen molar-refractivity contribution in [1.82, 2.24) is 9.97 Å². The highest BCUT2D eigenvalue weighted by molar-refractivity contribution is 7.10. The summed E-state index contributed by atoms with van der Waals surface area (Å²) in [5, 5.41) is 2.92. The van der Waals surface area contributed by atoms with Crippen molar-refractivity contribution >= 4 is 17.4 Å². The lowest BCUT2D eigenvalue weighted by Crippen LogP contribution is -1.81. The maximum atomic E-state index is 4.34. The maximum Gasteiger partial charge on any atom is 0.116 e. The molecule has 0 aliphatic heterocycles. The van der Waals surface area contributed by atoms with Crippen LogP contribution in [0.15, 0.2) is 36.4 Å². The topological polar surface area (TPSA) is 25.8 Å². The van der Waals surface area contributed by atoms with E-state index in [2.05, 4.69) is 16.5 Å². The van der Waals surface area contributed by atoms with Gasteiger partial charge in [0.15, 0.2) is 0 Å². The fourth-order valence-electron chi connectivity index (χ4n) is 1.01. The van der Waals surface area contributed by atoms with Crippen LogP contribution < -0.4 is 0 Å². The summed E-state index contributed by atoms with van der Waals surface area (Å²) >= 11 is 1.58. The highest BCUT2D eigenvalue weighted by Gasteiger charge is 2.01. The zero-order valence-electron chi connectivity index (χ0n) is 6.97. The Hall–Kier alpha value is -1.48. The molecule has 2 heterocycles. The van der Waals surface area contributed by atoms with Gasteiger partial charge in [0.1, 0.15) is 10.7 Å². The van der Waals surface area contributed by atoms with Gasteiger partial charge < -0.3 is 0 Å². The minimum Gasteiger partial charge on any atom is -0.255 e. The lowest BCUT2D eigenvalue weighted by Gasteiger charge is -1.91. The molecule has 3 heteroatoms. The van der Waals surface area contributed by atoms with E-state index >= 15 is 0 Å². The van der Waals surface area contributed by atoms with Crippen molar-refractivity contribution in [2.24, 2.45) is 0 Å². The summed E-state index contributed by atoms with van der Waals surface area (Å²) in [6, 6.07) is 5.79. The highest BCUT2D eigenvalue weighted by atomic mass is 32.1. The predicted octanol–water partition coefficient (Wildman–Crippen LogP) is 2.85. The lowest BCUT2D eigenvalue weighted by molar-refractivity contribution is 1.27. The average Bonchev–Trinajstić information content (AvgIpc) is 2.67. The van der Waals surface area contributed by atoms with Crippen LogP contribution in [0.1, 0.15) is 5.01 Å². The van der Waals surface area contributed by atoms with Crippen LogP contribution in [0.4, 0.5) is 0 Å². The van der Waals surface area contributed by atoms with Crippen molar-refractivity contribution in [3.8, 4) is 11.4 Å². The van der Waals surface area contributed by atoms with Gasteiger partial charge in [-0.05, 0) is 18.2 Å². The van der Waals surface area contributed by atoms with E-state index in [1.807, 2.05) is 23.6 Å². The zero-order chi connectivity index (χ0) is 9.10. The molecule has 0 aliphatic carbocycles. The van der Waals surface area contributed by atoms with Gasteiger partial charge in [-0.2, -0.15) is 0 Å². The Labute approximate surface area is 80.6 Å². The van der Waals surface area contributed by atoms with Gasteiger partial charge in [-0.15, -0.1) is 11.3 Å². The largest absolute Gasteiger partial charge is 0.255 e. The molecular weight excluding hydrogens is 180 g/mol. The molecule has 2 nitrogen and oxygen atoms in total. The van der Waals surface area contributed by atoms with Crippen molar-refractivity contribution in [3.63, 3.8) is 0 Å². The van der Waals surface area contributed by atoms with Gasteiger partial charge >= 0.3 is 0 Å². The van der Waals surface area contributed by atoms with E-state index in [-0.39, 0.29) is 0 Å². The summed E-state index contributed by atoms with van der Waals surface area (Å²) in [6.07, 6.45) is 3.51. The third-order valence-corrected chi connectivity index (χ3v) is 2.46. The Bertz CT molecular complexity index is 406. The monoisotopic (exact) mass is 188 g/mol. The molecule has 0 atom stereocenters. The summed E-state index contributed by atoms with van der Waals surface area (Å²) in [7, 11) is 0. The molecule has 2 aromatic heterocycles. The van der Waals surface area contributed by atoms with E-state index in [0.29, 0.717) is 0 Å². The number of rotatable bonds is 2. The Morgan fingerprint density at radius 1 is 1.31 bits per heavy atom. The van der Waals surface area contributed by atoms with Crippen LogP contribution in [0.3, 0.4) is 0 Å². The first kappa shape index (κ1) is 8.13. The Kier molecular flexibility index (Phi) is 2.19. The van der Waals surface area contributed by atoms with Crippen molar-refractivity contribution in [2.75, 3.05) is 0 Å². The Balaban J connectivity index is 2.41. The van der Waals surface area contributed by atoms with Gasteiger partial charge in [0.25, 0.3) is 0 Å². The molecule has 0 spiro atoms. The van der Waals surface area contributed by atoms with Crippen LogP contribution >= 0.6 is 11.3 Å². The number of pyridine rings is 1. The fourth-order valence-corrected chi connectivity index (χ4v) is 1.67. The number of hydrogen-bond donors (Lipinski definition) is 0. The van der Waals surface area contributed by atoms with Crippen LogP contribution in [0.5, 0.6) is 0 Å². The van der Waals surface area contributed by atoms with E-state index in [1.165, 1.54) is 0 Å². The lowest BCUT2D eigenvalue weighted by atomic mass is 10.3. The van der Waals surface area contributed by atoms with Crippen molar-refractivity contribution in [1.29, 1.82) is 0 Å². The minimum atomic E-state index is 0.909. The number of nitrogens with zero attached hydrogens (tertiary/aromatic N) is 2. The van der Waals surface area contributed by atoms with Crippen LogP contribution in [-0.2, 0) is 0 Å². The van der Waals surface area contributed by atoms with E-state index < -0.39 is 0 Å². The first-order valence-electron chi connectivity index (χ1n) is 3.89. The quantitative estimate of drug-likeness (QED) is 0.724. The molecule has 0 radical (unpaired) electrons. The van der Waals surface area contributed by atoms with Crippen LogP contribution in [0.25, 0.3) is 17.5 Å². The smallest absolute Gasteiger partial charge is 0.116 e. The summed E-state index contributed by atoms with van der Waals surface area (Å²) in [5.41, 5.74) is 1.83. The normalized spacial score (nSPS) is 9.85. The van der Waals surface area contributed by atoms with Gasteiger partial charge in [0, 0.05) is 11.6 Å². The average molecular weight is 188 g/mol. The molecule has 0 unspecified atom stereocenters. The van der Waals surface area contributed by atoms with Gasteiger partial charge in [0.05, 0.1) is 5.69 Å². The summed E-state index contributed by atoms with van der Waals surface area (Å²) in [5.74, 6) is 0. The zero-order valence-corrected chi connectivity index (χ0v) is 7.79. The molecule has 0 amide bonds.